The smallest absolute Gasteiger partial charge is 0.410 e. The first kappa shape index (κ1) is 23.5. The van der Waals surface area contributed by atoms with Crippen LogP contribution >= 0.6 is 0 Å². The van der Waals surface area contributed by atoms with Crippen molar-refractivity contribution >= 4 is 17.6 Å². The van der Waals surface area contributed by atoms with Crippen molar-refractivity contribution in [1.82, 2.24) is 20.0 Å². The van der Waals surface area contributed by atoms with Crippen LogP contribution in [0.25, 0.3) is 22.8 Å². The van der Waals surface area contributed by atoms with Gasteiger partial charge in [-0.05, 0) is 70.7 Å². The van der Waals surface area contributed by atoms with Crippen molar-refractivity contribution in [3.63, 3.8) is 0 Å². The van der Waals surface area contributed by atoms with Gasteiger partial charge in [-0.2, -0.15) is 4.98 Å². The van der Waals surface area contributed by atoms with Gasteiger partial charge in [-0.3, -0.25) is 0 Å². The molecule has 0 atom stereocenters. The molecule has 9 heteroatoms. The summed E-state index contributed by atoms with van der Waals surface area (Å²) in [4.78, 5) is 23.2. The lowest BCUT2D eigenvalue weighted by molar-refractivity contribution is 0.0258. The summed E-state index contributed by atoms with van der Waals surface area (Å²) >= 11 is 0. The molecule has 1 aliphatic heterocycles. The zero-order chi connectivity index (χ0) is 24.5. The summed E-state index contributed by atoms with van der Waals surface area (Å²) < 4.78 is 11.0. The number of benzene rings is 1. The summed E-state index contributed by atoms with van der Waals surface area (Å²) in [6.07, 6.45) is 2.90. The van der Waals surface area contributed by atoms with Crippen LogP contribution in [0.1, 0.15) is 45.7 Å². The quantitative estimate of drug-likeness (QED) is 0.578. The first-order valence-corrected chi connectivity index (χ1v) is 11.6. The average Bonchev–Trinajstić information content (AvgIpc) is 3.14. The molecule has 1 aliphatic rings. The Morgan fingerprint density at radius 3 is 2.56 bits per heavy atom. The van der Waals surface area contributed by atoms with Crippen molar-refractivity contribution in [1.29, 1.82) is 0 Å². The summed E-state index contributed by atoms with van der Waals surface area (Å²) in [5.74, 6) is 1.48. The highest BCUT2D eigenvalue weighted by atomic mass is 16.6. The minimum atomic E-state index is -0.509. The maximum atomic E-state index is 12.5. The second kappa shape index (κ2) is 9.32. The van der Waals surface area contributed by atoms with Crippen molar-refractivity contribution in [3.05, 3.63) is 41.6 Å². The maximum Gasteiger partial charge on any atom is 0.410 e. The van der Waals surface area contributed by atoms with Gasteiger partial charge < -0.3 is 25.2 Å². The number of nitrogen functional groups attached to an aromatic ring is 1. The van der Waals surface area contributed by atoms with Crippen LogP contribution < -0.4 is 11.1 Å². The van der Waals surface area contributed by atoms with Gasteiger partial charge in [-0.15, -0.1) is 0 Å². The number of carbonyl (C=O) groups is 1. The van der Waals surface area contributed by atoms with Gasteiger partial charge in [0.15, 0.2) is 0 Å². The number of anilines is 2. The van der Waals surface area contributed by atoms with Crippen molar-refractivity contribution in [2.45, 2.75) is 59.1 Å². The van der Waals surface area contributed by atoms with Crippen molar-refractivity contribution in [3.8, 4) is 22.8 Å². The Balaban J connectivity index is 1.50. The van der Waals surface area contributed by atoms with Gasteiger partial charge in [-0.1, -0.05) is 17.3 Å². The summed E-state index contributed by atoms with van der Waals surface area (Å²) in [6, 6.07) is 8.13. The monoisotopic (exact) mass is 464 g/mol. The molecular formula is C25H32N6O3. The van der Waals surface area contributed by atoms with Crippen LogP contribution in [0.15, 0.2) is 35.0 Å². The van der Waals surface area contributed by atoms with Crippen molar-refractivity contribution in [2.75, 3.05) is 24.1 Å². The molecule has 1 amide bonds. The zero-order valence-electron chi connectivity index (χ0n) is 20.4. The van der Waals surface area contributed by atoms with Gasteiger partial charge in [0.2, 0.25) is 5.82 Å². The number of rotatable bonds is 4. The molecule has 0 bridgehead atoms. The average molecular weight is 465 g/mol. The van der Waals surface area contributed by atoms with E-state index >= 15 is 0 Å². The Hall–Kier alpha value is -3.62. The highest BCUT2D eigenvalue weighted by Crippen LogP contribution is 2.28. The lowest BCUT2D eigenvalue weighted by atomic mass is 10.00. The van der Waals surface area contributed by atoms with Gasteiger partial charge in [0.05, 0.1) is 11.3 Å². The minimum absolute atomic E-state index is 0.222. The molecule has 180 valence electrons. The van der Waals surface area contributed by atoms with Gasteiger partial charge in [0, 0.05) is 30.9 Å². The van der Waals surface area contributed by atoms with E-state index in [9.17, 15) is 4.79 Å². The fourth-order valence-electron chi connectivity index (χ4n) is 3.82. The molecular weight excluding hydrogens is 432 g/mol. The van der Waals surface area contributed by atoms with Crippen LogP contribution in [0.2, 0.25) is 0 Å². The molecule has 0 radical (unpaired) electrons. The van der Waals surface area contributed by atoms with Gasteiger partial charge in [-0.25, -0.2) is 9.78 Å². The molecule has 0 unspecified atom stereocenters. The predicted octanol–water partition coefficient (Wildman–Crippen LogP) is 4.54. The molecule has 0 saturated carbocycles. The Morgan fingerprint density at radius 2 is 1.88 bits per heavy atom. The van der Waals surface area contributed by atoms with Gasteiger partial charge in [0.25, 0.3) is 5.89 Å². The number of nitrogens with one attached hydrogen (secondary N) is 1. The molecule has 0 saturated heterocycles. The Morgan fingerprint density at radius 1 is 1.15 bits per heavy atom. The van der Waals surface area contributed by atoms with E-state index in [4.69, 9.17) is 15.0 Å². The number of aromatic nitrogens is 3. The third-order valence-corrected chi connectivity index (χ3v) is 5.43. The fourth-order valence-corrected chi connectivity index (χ4v) is 3.82. The molecule has 34 heavy (non-hydrogen) atoms. The summed E-state index contributed by atoms with van der Waals surface area (Å²) in [5, 5.41) is 7.37. The first-order valence-electron chi connectivity index (χ1n) is 11.6. The number of ether oxygens (including phenoxy) is 1. The Kier molecular flexibility index (Phi) is 6.45. The lowest BCUT2D eigenvalue weighted by Crippen LogP contribution is -2.38. The molecule has 2 aromatic heterocycles. The van der Waals surface area contributed by atoms with E-state index in [1.807, 2.05) is 40.7 Å². The third-order valence-electron chi connectivity index (χ3n) is 5.43. The number of hydrogen-bond acceptors (Lipinski definition) is 8. The summed E-state index contributed by atoms with van der Waals surface area (Å²) in [7, 11) is 0. The van der Waals surface area contributed by atoms with E-state index in [-0.39, 0.29) is 12.1 Å². The molecule has 1 aromatic carbocycles. The molecule has 0 fully saturated rings. The van der Waals surface area contributed by atoms with E-state index in [2.05, 4.69) is 32.6 Å². The van der Waals surface area contributed by atoms with Crippen LogP contribution in [0.3, 0.4) is 0 Å². The number of nitrogens with zero attached hydrogens (tertiary/aromatic N) is 4. The Labute approximate surface area is 199 Å². The zero-order valence-corrected chi connectivity index (χ0v) is 20.4. The van der Waals surface area contributed by atoms with Crippen LogP contribution in [0.4, 0.5) is 16.3 Å². The van der Waals surface area contributed by atoms with Crippen molar-refractivity contribution < 1.29 is 14.1 Å². The van der Waals surface area contributed by atoms with Gasteiger partial charge >= 0.3 is 6.09 Å². The summed E-state index contributed by atoms with van der Waals surface area (Å²) in [6.45, 7) is 10.9. The number of carbonyl (C=O) groups excluding carboxylic acids is 1. The van der Waals surface area contributed by atoms with Crippen LogP contribution in [-0.2, 0) is 17.6 Å². The van der Waals surface area contributed by atoms with Crippen LogP contribution in [-0.4, -0.2) is 50.9 Å². The predicted molar refractivity (Wildman–Crippen MR) is 131 cm³/mol. The Bertz CT molecular complexity index is 1180. The largest absolute Gasteiger partial charge is 0.444 e. The van der Waals surface area contributed by atoms with Crippen molar-refractivity contribution in [2.24, 2.45) is 0 Å². The minimum Gasteiger partial charge on any atom is -0.444 e. The molecule has 3 aromatic rings. The molecule has 0 aliphatic carbocycles. The lowest BCUT2D eigenvalue weighted by Gasteiger charge is -2.26. The second-order valence-corrected chi connectivity index (χ2v) is 9.83. The second-order valence-electron chi connectivity index (χ2n) is 9.83. The number of pyridine rings is 1. The van der Waals surface area contributed by atoms with Gasteiger partial charge in [0.1, 0.15) is 11.4 Å². The molecule has 3 N–H and O–H groups in total. The van der Waals surface area contributed by atoms with E-state index in [0.29, 0.717) is 41.9 Å². The molecule has 3 heterocycles. The number of amides is 1. The number of hydrogen-bond donors (Lipinski definition) is 2. The highest BCUT2D eigenvalue weighted by molar-refractivity contribution is 5.70. The summed E-state index contributed by atoms with van der Waals surface area (Å²) in [5.41, 5.74) is 10.0. The molecule has 0 spiro atoms. The normalized spacial score (nSPS) is 14.0. The molecule has 4 rings (SSSR count). The number of fused-ring (bicyclic) bond motifs is 1. The first-order chi connectivity index (χ1) is 16.1. The van der Waals surface area contributed by atoms with E-state index in [0.717, 1.165) is 18.4 Å². The third kappa shape index (κ3) is 5.47. The standard InChI is InChI=1S/C25H32N6O3/c1-15(2)28-22-20(26)13-19(14-27-22)23-29-21(30-34-23)18-7-6-16-8-10-31(11-9-17(16)12-18)24(32)33-25(3,4)5/h6-7,12-15H,8-11,26H2,1-5H3,(H,27,28). The van der Waals surface area contributed by atoms with E-state index < -0.39 is 5.60 Å². The van der Waals surface area contributed by atoms with Crippen LogP contribution in [0.5, 0.6) is 0 Å². The van der Waals surface area contributed by atoms with E-state index in [1.165, 1.54) is 11.1 Å². The topological polar surface area (TPSA) is 119 Å². The maximum absolute atomic E-state index is 12.5. The highest BCUT2D eigenvalue weighted by Gasteiger charge is 2.24. The fraction of sp³-hybridized carbons (Fsp3) is 0.440. The van der Waals surface area contributed by atoms with Crippen LogP contribution in [0, 0.1) is 0 Å². The molecule has 9 nitrogen and oxygen atoms in total. The number of nitrogens with two attached hydrogens (primary N) is 1. The SMILES string of the molecule is CC(C)Nc1ncc(-c2nc(-c3ccc4c(c3)CCN(C(=O)OC(C)(C)C)CC4)no2)cc1N. The van der Waals surface area contributed by atoms with E-state index in [1.54, 1.807) is 17.2 Å².